The molecule has 0 heterocycles. The first kappa shape index (κ1) is 18.7. The molecular weight excluding hydrogens is 374 g/mol. The van der Waals surface area contributed by atoms with Gasteiger partial charge >= 0.3 is 5.97 Å². The van der Waals surface area contributed by atoms with Crippen LogP contribution in [0.1, 0.15) is 15.9 Å². The summed E-state index contributed by atoms with van der Waals surface area (Å²) in [5.74, 6) is -1.19. The Morgan fingerprint density at radius 3 is 2.15 bits per heavy atom. The molecule has 0 radical (unpaired) electrons. The molecule has 0 spiro atoms. The van der Waals surface area contributed by atoms with Crippen molar-refractivity contribution in [1.29, 1.82) is 0 Å². The zero-order valence-corrected chi connectivity index (χ0v) is 13.4. The van der Waals surface area contributed by atoms with Gasteiger partial charge in [0.2, 0.25) is 0 Å². The lowest BCUT2D eigenvalue weighted by Gasteiger charge is -2.07. The Bertz CT molecular complexity index is 930. The molecule has 11 nitrogen and oxygen atoms in total. The maximum absolute atomic E-state index is 12.1. The van der Waals surface area contributed by atoms with Gasteiger partial charge in [-0.05, 0) is 6.07 Å². The van der Waals surface area contributed by atoms with Crippen molar-refractivity contribution in [2.75, 3.05) is 0 Å². The third kappa shape index (κ3) is 3.89. The Kier molecular flexibility index (Phi) is 5.42. The molecule has 0 aliphatic rings. The summed E-state index contributed by atoms with van der Waals surface area (Å²) in [5.41, 5.74) is -2.37. The number of ether oxygens (including phenoxy) is 1. The third-order valence-electron chi connectivity index (χ3n) is 3.21. The Balaban J connectivity index is 2.34. The summed E-state index contributed by atoms with van der Waals surface area (Å²) in [7, 11) is 0. The van der Waals surface area contributed by atoms with Crippen LogP contribution in [-0.2, 0) is 11.3 Å². The summed E-state index contributed by atoms with van der Waals surface area (Å²) >= 11 is 5.77. The van der Waals surface area contributed by atoms with Gasteiger partial charge in [0.05, 0.1) is 32.0 Å². The van der Waals surface area contributed by atoms with Crippen molar-refractivity contribution in [2.45, 2.75) is 6.61 Å². The lowest BCUT2D eigenvalue weighted by atomic mass is 10.1. The summed E-state index contributed by atoms with van der Waals surface area (Å²) in [4.78, 5) is 42.3. The molecular formula is C14H8ClN3O8. The lowest BCUT2D eigenvalue weighted by molar-refractivity contribution is -0.394. The molecule has 26 heavy (non-hydrogen) atoms. The highest BCUT2D eigenvalue weighted by atomic mass is 35.5. The number of hydrogen-bond acceptors (Lipinski definition) is 8. The molecule has 2 rings (SSSR count). The minimum atomic E-state index is -1.19. The summed E-state index contributed by atoms with van der Waals surface area (Å²) in [6.45, 7) is -0.525. The van der Waals surface area contributed by atoms with Crippen molar-refractivity contribution in [3.63, 3.8) is 0 Å². The molecule has 0 atom stereocenters. The van der Waals surface area contributed by atoms with Gasteiger partial charge in [-0.1, -0.05) is 23.7 Å². The Morgan fingerprint density at radius 1 is 0.962 bits per heavy atom. The maximum Gasteiger partial charge on any atom is 0.340 e. The maximum atomic E-state index is 12.1. The van der Waals surface area contributed by atoms with Crippen molar-refractivity contribution >= 4 is 34.6 Å². The van der Waals surface area contributed by atoms with E-state index in [-0.39, 0.29) is 11.3 Å². The largest absolute Gasteiger partial charge is 0.457 e. The van der Waals surface area contributed by atoms with Gasteiger partial charge in [-0.2, -0.15) is 0 Å². The third-order valence-corrected chi connectivity index (χ3v) is 3.61. The van der Waals surface area contributed by atoms with E-state index in [0.29, 0.717) is 6.07 Å². The zero-order valence-electron chi connectivity index (χ0n) is 12.7. The first-order chi connectivity index (χ1) is 12.2. The standard InChI is InChI=1S/C14H8ClN3O8/c15-13-10(5-9(16(20)21)6-12(13)18(24)25)14(19)26-7-8-3-1-2-4-11(8)17(22)23/h1-6H,7H2. The fraction of sp³-hybridized carbons (Fsp3) is 0.0714. The van der Waals surface area contributed by atoms with Gasteiger partial charge in [0.1, 0.15) is 11.6 Å². The van der Waals surface area contributed by atoms with Crippen LogP contribution in [0.5, 0.6) is 0 Å². The van der Waals surface area contributed by atoms with Crippen molar-refractivity contribution in [3.05, 3.63) is 82.9 Å². The van der Waals surface area contributed by atoms with E-state index in [1.807, 2.05) is 0 Å². The quantitative estimate of drug-likeness (QED) is 0.418. The number of halogens is 1. The molecule has 0 aromatic heterocycles. The van der Waals surface area contributed by atoms with Crippen molar-refractivity contribution in [1.82, 2.24) is 0 Å². The van der Waals surface area contributed by atoms with Gasteiger partial charge in [-0.15, -0.1) is 0 Å². The number of hydrogen-bond donors (Lipinski definition) is 0. The van der Waals surface area contributed by atoms with E-state index in [0.717, 1.165) is 6.07 Å². The number of esters is 1. The van der Waals surface area contributed by atoms with E-state index in [4.69, 9.17) is 16.3 Å². The van der Waals surface area contributed by atoms with Crippen molar-refractivity contribution in [2.24, 2.45) is 0 Å². The monoisotopic (exact) mass is 381 g/mol. The fourth-order valence-corrected chi connectivity index (χ4v) is 2.27. The number of nitrogens with zero attached hydrogens (tertiary/aromatic N) is 3. The molecule has 0 aliphatic heterocycles. The van der Waals surface area contributed by atoms with Crippen LogP contribution in [0, 0.1) is 30.3 Å². The number of carbonyl (C=O) groups is 1. The highest BCUT2D eigenvalue weighted by molar-refractivity contribution is 6.35. The molecule has 0 amide bonds. The zero-order chi connectivity index (χ0) is 19.4. The number of non-ortho nitro benzene ring substituents is 1. The van der Waals surface area contributed by atoms with Crippen molar-refractivity contribution in [3.8, 4) is 0 Å². The molecule has 12 heteroatoms. The average Bonchev–Trinajstić information content (AvgIpc) is 2.59. The minimum absolute atomic E-state index is 0.0712. The molecule has 0 saturated heterocycles. The summed E-state index contributed by atoms with van der Waals surface area (Å²) in [6.07, 6.45) is 0. The number of nitro benzene ring substituents is 3. The van der Waals surface area contributed by atoms with Gasteiger partial charge < -0.3 is 4.74 Å². The second-order valence-corrected chi connectivity index (χ2v) is 5.18. The van der Waals surface area contributed by atoms with Crippen LogP contribution in [-0.4, -0.2) is 20.7 Å². The number of rotatable bonds is 6. The van der Waals surface area contributed by atoms with Gasteiger partial charge in [-0.3, -0.25) is 30.3 Å². The predicted molar refractivity (Wildman–Crippen MR) is 87.0 cm³/mol. The Morgan fingerprint density at radius 2 is 1.58 bits per heavy atom. The fourth-order valence-electron chi connectivity index (χ4n) is 2.01. The van der Waals surface area contributed by atoms with E-state index in [2.05, 4.69) is 0 Å². The second kappa shape index (κ2) is 7.53. The first-order valence-corrected chi connectivity index (χ1v) is 7.12. The minimum Gasteiger partial charge on any atom is -0.457 e. The summed E-state index contributed by atoms with van der Waals surface area (Å²) < 4.78 is 4.88. The number of benzene rings is 2. The van der Waals surface area contributed by atoms with Gasteiger partial charge in [0, 0.05) is 12.1 Å². The SMILES string of the molecule is O=C(OCc1ccccc1[N+](=O)[O-])c1cc([N+](=O)[O-])cc([N+](=O)[O-])c1Cl. The molecule has 134 valence electrons. The van der Waals surface area contributed by atoms with E-state index >= 15 is 0 Å². The van der Waals surface area contributed by atoms with Gasteiger partial charge in [-0.25, -0.2) is 4.79 Å². The van der Waals surface area contributed by atoms with E-state index < -0.39 is 49.3 Å². The van der Waals surface area contributed by atoms with E-state index in [1.165, 1.54) is 24.3 Å². The molecule has 0 bridgehead atoms. The highest BCUT2D eigenvalue weighted by Crippen LogP contribution is 2.33. The smallest absolute Gasteiger partial charge is 0.340 e. The van der Waals surface area contributed by atoms with Crippen molar-refractivity contribution < 1.29 is 24.3 Å². The molecule has 0 saturated carbocycles. The lowest BCUT2D eigenvalue weighted by Crippen LogP contribution is -2.09. The molecule has 2 aromatic carbocycles. The molecule has 0 N–H and O–H groups in total. The van der Waals surface area contributed by atoms with Gasteiger partial charge in [0.15, 0.2) is 0 Å². The highest BCUT2D eigenvalue weighted by Gasteiger charge is 2.27. The first-order valence-electron chi connectivity index (χ1n) is 6.74. The Hall–Kier alpha value is -3.60. The van der Waals surface area contributed by atoms with Crippen LogP contribution in [0.3, 0.4) is 0 Å². The molecule has 0 aliphatic carbocycles. The number of para-hydroxylation sites is 1. The number of carbonyl (C=O) groups excluding carboxylic acids is 1. The van der Waals surface area contributed by atoms with Crippen LogP contribution in [0.25, 0.3) is 0 Å². The predicted octanol–water partition coefficient (Wildman–Crippen LogP) is 3.42. The molecule has 0 unspecified atom stereocenters. The number of nitro groups is 3. The summed E-state index contributed by atoms with van der Waals surface area (Å²) in [6, 6.07) is 6.81. The van der Waals surface area contributed by atoms with Crippen LogP contribution < -0.4 is 0 Å². The molecule has 2 aromatic rings. The van der Waals surface area contributed by atoms with Crippen LogP contribution >= 0.6 is 11.6 Å². The average molecular weight is 382 g/mol. The van der Waals surface area contributed by atoms with Crippen LogP contribution in [0.2, 0.25) is 5.02 Å². The van der Waals surface area contributed by atoms with Crippen LogP contribution in [0.15, 0.2) is 36.4 Å². The van der Waals surface area contributed by atoms with Crippen LogP contribution in [0.4, 0.5) is 17.1 Å². The normalized spacial score (nSPS) is 10.2. The molecule has 0 fully saturated rings. The van der Waals surface area contributed by atoms with Gasteiger partial charge in [0.25, 0.3) is 17.1 Å². The Labute approximate surface area is 149 Å². The van der Waals surface area contributed by atoms with E-state index in [1.54, 1.807) is 0 Å². The second-order valence-electron chi connectivity index (χ2n) is 4.80. The topological polar surface area (TPSA) is 156 Å². The summed E-state index contributed by atoms with van der Waals surface area (Å²) in [5, 5.41) is 32.1. The van der Waals surface area contributed by atoms with E-state index in [9.17, 15) is 35.1 Å².